The van der Waals surface area contributed by atoms with E-state index in [2.05, 4.69) is 60.2 Å². The molecule has 1 spiro atoms. The van der Waals surface area contributed by atoms with E-state index in [1.165, 1.54) is 5.56 Å². The molecule has 1 N–H and O–H groups in total. The van der Waals surface area contributed by atoms with Gasteiger partial charge in [-0.05, 0) is 38.6 Å². The molecular weight excluding hydrogens is 330 g/mol. The minimum Gasteiger partial charge on any atom is -0.487 e. The van der Waals surface area contributed by atoms with Crippen LogP contribution in [0.25, 0.3) is 0 Å². The molecule has 2 atom stereocenters. The predicted molar refractivity (Wildman–Crippen MR) is 87.8 cm³/mol. The Morgan fingerprint density at radius 2 is 2.19 bits per heavy atom. The number of benzene rings is 1. The molecule has 0 bridgehead atoms. The average molecular weight is 354 g/mol. The molecule has 21 heavy (non-hydrogen) atoms. The van der Waals surface area contributed by atoms with Gasteiger partial charge in [0.1, 0.15) is 11.4 Å². The molecule has 3 rings (SSSR count). The molecule has 3 nitrogen and oxygen atoms in total. The number of nitrogens with one attached hydrogen (secondary N) is 1. The van der Waals surface area contributed by atoms with Crippen molar-refractivity contribution in [3.8, 4) is 5.75 Å². The van der Waals surface area contributed by atoms with Crippen molar-refractivity contribution in [2.24, 2.45) is 0 Å². The molecule has 1 aromatic carbocycles. The predicted octanol–water partition coefficient (Wildman–Crippen LogP) is 4.21. The minimum absolute atomic E-state index is 0.102. The number of rotatable bonds is 2. The molecule has 116 valence electrons. The summed E-state index contributed by atoms with van der Waals surface area (Å²) in [4.78, 5) is 0. The Bertz CT molecular complexity index is 532. The Morgan fingerprint density at radius 1 is 1.38 bits per heavy atom. The zero-order valence-electron chi connectivity index (χ0n) is 13.0. The quantitative estimate of drug-likeness (QED) is 0.863. The third-order valence-corrected chi connectivity index (χ3v) is 4.99. The van der Waals surface area contributed by atoms with Crippen LogP contribution in [0.15, 0.2) is 22.7 Å². The SMILES string of the molecule is CCNC1CC2(CCOC(C)(C)C2)Oc2ccc(Br)cc21. The van der Waals surface area contributed by atoms with E-state index in [0.717, 1.165) is 42.6 Å². The first kappa shape index (κ1) is 15.3. The number of hydrogen-bond donors (Lipinski definition) is 1. The highest BCUT2D eigenvalue weighted by Crippen LogP contribution is 2.47. The van der Waals surface area contributed by atoms with E-state index >= 15 is 0 Å². The summed E-state index contributed by atoms with van der Waals surface area (Å²) in [7, 11) is 0. The van der Waals surface area contributed by atoms with Gasteiger partial charge in [0.2, 0.25) is 0 Å². The number of ether oxygens (including phenoxy) is 2. The Morgan fingerprint density at radius 3 is 2.90 bits per heavy atom. The molecule has 0 saturated carbocycles. The fourth-order valence-corrected chi connectivity index (χ4v) is 4.14. The summed E-state index contributed by atoms with van der Waals surface area (Å²) in [6, 6.07) is 6.68. The summed E-state index contributed by atoms with van der Waals surface area (Å²) < 4.78 is 13.5. The van der Waals surface area contributed by atoms with Gasteiger partial charge in [-0.15, -0.1) is 0 Å². The van der Waals surface area contributed by atoms with Crippen LogP contribution in [0.5, 0.6) is 5.75 Å². The van der Waals surface area contributed by atoms with Crippen LogP contribution in [0.4, 0.5) is 0 Å². The topological polar surface area (TPSA) is 30.5 Å². The smallest absolute Gasteiger partial charge is 0.125 e. The van der Waals surface area contributed by atoms with Crippen LogP contribution in [0, 0.1) is 0 Å². The van der Waals surface area contributed by atoms with Crippen molar-refractivity contribution < 1.29 is 9.47 Å². The van der Waals surface area contributed by atoms with E-state index in [-0.39, 0.29) is 11.2 Å². The van der Waals surface area contributed by atoms with Crippen molar-refractivity contribution in [1.82, 2.24) is 5.32 Å². The number of halogens is 1. The third-order valence-electron chi connectivity index (χ3n) is 4.50. The van der Waals surface area contributed by atoms with Gasteiger partial charge >= 0.3 is 0 Å². The van der Waals surface area contributed by atoms with Crippen LogP contribution in [-0.4, -0.2) is 24.4 Å². The van der Waals surface area contributed by atoms with Crippen LogP contribution in [0.1, 0.15) is 51.6 Å². The second-order valence-corrected chi connectivity index (χ2v) is 7.73. The molecule has 1 fully saturated rings. The lowest BCUT2D eigenvalue weighted by Crippen LogP contribution is -2.53. The fraction of sp³-hybridized carbons (Fsp3) is 0.647. The maximum atomic E-state index is 6.49. The highest BCUT2D eigenvalue weighted by Gasteiger charge is 2.47. The van der Waals surface area contributed by atoms with Gasteiger partial charge in [-0.1, -0.05) is 22.9 Å². The van der Waals surface area contributed by atoms with Crippen LogP contribution in [0.2, 0.25) is 0 Å². The molecule has 2 heterocycles. The molecular formula is C17H24BrNO2. The fourth-order valence-electron chi connectivity index (χ4n) is 3.76. The van der Waals surface area contributed by atoms with Crippen LogP contribution >= 0.6 is 15.9 Å². The number of hydrogen-bond acceptors (Lipinski definition) is 3. The van der Waals surface area contributed by atoms with Gasteiger partial charge in [0, 0.05) is 35.3 Å². The average Bonchev–Trinajstić information content (AvgIpc) is 2.39. The molecule has 2 aliphatic heterocycles. The van der Waals surface area contributed by atoms with E-state index in [9.17, 15) is 0 Å². The van der Waals surface area contributed by atoms with Crippen molar-refractivity contribution in [2.75, 3.05) is 13.2 Å². The minimum atomic E-state index is -0.109. The second kappa shape index (κ2) is 5.56. The first-order chi connectivity index (χ1) is 9.93. The molecule has 0 amide bonds. The van der Waals surface area contributed by atoms with Crippen LogP contribution in [-0.2, 0) is 4.74 Å². The largest absolute Gasteiger partial charge is 0.487 e. The number of fused-ring (bicyclic) bond motifs is 1. The van der Waals surface area contributed by atoms with Gasteiger partial charge in [-0.2, -0.15) is 0 Å². The summed E-state index contributed by atoms with van der Waals surface area (Å²) in [5, 5.41) is 3.63. The maximum absolute atomic E-state index is 6.49. The lowest BCUT2D eigenvalue weighted by Gasteiger charge is -2.49. The summed E-state index contributed by atoms with van der Waals surface area (Å²) in [5.41, 5.74) is 1.05. The third kappa shape index (κ3) is 3.13. The second-order valence-electron chi connectivity index (χ2n) is 6.82. The first-order valence-corrected chi connectivity index (χ1v) is 8.58. The van der Waals surface area contributed by atoms with E-state index in [1.54, 1.807) is 0 Å². The van der Waals surface area contributed by atoms with Crippen molar-refractivity contribution in [1.29, 1.82) is 0 Å². The van der Waals surface area contributed by atoms with Crippen molar-refractivity contribution in [3.63, 3.8) is 0 Å². The van der Waals surface area contributed by atoms with Gasteiger partial charge in [-0.3, -0.25) is 0 Å². The van der Waals surface area contributed by atoms with E-state index in [0.29, 0.717) is 6.04 Å². The van der Waals surface area contributed by atoms with E-state index in [4.69, 9.17) is 9.47 Å². The lowest BCUT2D eigenvalue weighted by molar-refractivity contribution is -0.142. The van der Waals surface area contributed by atoms with E-state index < -0.39 is 0 Å². The monoisotopic (exact) mass is 353 g/mol. The summed E-state index contributed by atoms with van der Waals surface area (Å²) >= 11 is 3.57. The van der Waals surface area contributed by atoms with Gasteiger partial charge in [0.15, 0.2) is 0 Å². The maximum Gasteiger partial charge on any atom is 0.125 e. The molecule has 2 unspecified atom stereocenters. The Hall–Kier alpha value is -0.580. The molecule has 1 saturated heterocycles. The lowest BCUT2D eigenvalue weighted by atomic mass is 9.77. The Kier molecular flexibility index (Phi) is 4.06. The van der Waals surface area contributed by atoms with Crippen molar-refractivity contribution in [3.05, 3.63) is 28.2 Å². The normalized spacial score (nSPS) is 30.8. The molecule has 2 aliphatic rings. The van der Waals surface area contributed by atoms with Gasteiger partial charge < -0.3 is 14.8 Å². The Balaban J connectivity index is 1.95. The first-order valence-electron chi connectivity index (χ1n) is 7.79. The molecule has 1 aromatic rings. The van der Waals surface area contributed by atoms with E-state index in [1.807, 2.05) is 0 Å². The summed E-state index contributed by atoms with van der Waals surface area (Å²) in [5.74, 6) is 1.02. The standard InChI is InChI=1S/C17H24BrNO2/c1-4-19-14-10-17(7-8-20-16(2,3)11-17)21-15-6-5-12(18)9-13(14)15/h5-6,9,14,19H,4,7-8,10-11H2,1-3H3. The molecule has 4 heteroatoms. The molecule has 0 radical (unpaired) electrons. The van der Waals surface area contributed by atoms with Crippen molar-refractivity contribution in [2.45, 2.75) is 57.3 Å². The highest BCUT2D eigenvalue weighted by molar-refractivity contribution is 9.10. The zero-order chi connectivity index (χ0) is 15.1. The van der Waals surface area contributed by atoms with Crippen LogP contribution < -0.4 is 10.1 Å². The summed E-state index contributed by atoms with van der Waals surface area (Å²) in [6.07, 6.45) is 2.92. The van der Waals surface area contributed by atoms with Crippen LogP contribution in [0.3, 0.4) is 0 Å². The van der Waals surface area contributed by atoms with Gasteiger partial charge in [-0.25, -0.2) is 0 Å². The molecule has 0 aromatic heterocycles. The zero-order valence-corrected chi connectivity index (χ0v) is 14.6. The Labute approximate surface area is 135 Å². The molecule has 0 aliphatic carbocycles. The van der Waals surface area contributed by atoms with Gasteiger partial charge in [0.05, 0.1) is 12.2 Å². The summed E-state index contributed by atoms with van der Waals surface area (Å²) in [6.45, 7) is 8.23. The highest BCUT2D eigenvalue weighted by atomic mass is 79.9. The van der Waals surface area contributed by atoms with Crippen molar-refractivity contribution >= 4 is 15.9 Å². The van der Waals surface area contributed by atoms with Gasteiger partial charge in [0.25, 0.3) is 0 Å².